The van der Waals surface area contributed by atoms with Gasteiger partial charge >= 0.3 is 0 Å². The summed E-state index contributed by atoms with van der Waals surface area (Å²) in [7, 11) is 3.97. The summed E-state index contributed by atoms with van der Waals surface area (Å²) in [4.78, 5) is 51.8. The lowest BCUT2D eigenvalue weighted by molar-refractivity contribution is -0.134. The second-order valence-electron chi connectivity index (χ2n) is 7.33. The van der Waals surface area contributed by atoms with Crippen molar-refractivity contribution in [3.8, 4) is 0 Å². The van der Waals surface area contributed by atoms with Gasteiger partial charge in [-0.1, -0.05) is 26.0 Å². The second-order valence-corrected chi connectivity index (χ2v) is 7.33. The van der Waals surface area contributed by atoms with E-state index in [9.17, 15) is 19.2 Å². The first-order valence-corrected chi connectivity index (χ1v) is 11.7. The number of nitrogens with zero attached hydrogens (tertiary/aromatic N) is 4. The third-order valence-electron chi connectivity index (χ3n) is 4.77. The summed E-state index contributed by atoms with van der Waals surface area (Å²) < 4.78 is 0. The van der Waals surface area contributed by atoms with Gasteiger partial charge in [0.2, 0.25) is 24.0 Å². The van der Waals surface area contributed by atoms with Crippen LogP contribution in [-0.4, -0.2) is 100 Å². The van der Waals surface area contributed by atoms with E-state index in [4.69, 9.17) is 0 Å². The maximum absolute atomic E-state index is 11.2. The minimum atomic E-state index is -0.0734. The van der Waals surface area contributed by atoms with E-state index in [1.54, 1.807) is 9.80 Å². The van der Waals surface area contributed by atoms with Crippen LogP contribution in [0, 0.1) is 0 Å². The monoisotopic (exact) mass is 478 g/mol. The van der Waals surface area contributed by atoms with Crippen molar-refractivity contribution < 1.29 is 19.2 Å². The van der Waals surface area contributed by atoms with Gasteiger partial charge in [0.25, 0.3) is 0 Å². The van der Waals surface area contributed by atoms with Gasteiger partial charge in [-0.3, -0.25) is 9.59 Å². The van der Waals surface area contributed by atoms with Crippen molar-refractivity contribution in [3.63, 3.8) is 0 Å². The molecular weight excluding hydrogens is 436 g/mol. The van der Waals surface area contributed by atoms with Gasteiger partial charge in [-0.15, -0.1) is 0 Å². The summed E-state index contributed by atoms with van der Waals surface area (Å²) in [5, 5.41) is 6.20. The van der Waals surface area contributed by atoms with Gasteiger partial charge in [0.1, 0.15) is 0 Å². The van der Waals surface area contributed by atoms with E-state index in [1.165, 1.54) is 37.2 Å². The molecule has 0 radical (unpaired) electrons. The fourth-order valence-corrected chi connectivity index (χ4v) is 2.84. The first-order chi connectivity index (χ1) is 16.5. The molecule has 0 saturated carbocycles. The van der Waals surface area contributed by atoms with Crippen molar-refractivity contribution >= 4 is 24.0 Å². The topological polar surface area (TPSA) is 124 Å². The molecule has 1 saturated heterocycles. The molecule has 0 aromatic carbocycles. The Balaban J connectivity index is 0. The Labute approximate surface area is 204 Å². The Morgan fingerprint density at radius 2 is 1.09 bits per heavy atom. The number of aliphatic imine (C=N–C) groups is 2. The highest BCUT2D eigenvalue weighted by Gasteiger charge is 2.20. The molecular formula is C24H42N6O4. The van der Waals surface area contributed by atoms with Gasteiger partial charge in [-0.2, -0.15) is 0 Å². The minimum Gasteiger partial charge on any atom is -0.336 e. The van der Waals surface area contributed by atoms with E-state index in [-0.39, 0.29) is 11.8 Å². The molecule has 1 rings (SSSR count). The molecule has 0 atom stereocenters. The average Bonchev–Trinajstić information content (AvgIpc) is 2.88. The van der Waals surface area contributed by atoms with Gasteiger partial charge < -0.3 is 20.4 Å². The zero-order valence-corrected chi connectivity index (χ0v) is 20.9. The highest BCUT2D eigenvalue weighted by molar-refractivity contribution is 5.88. The van der Waals surface area contributed by atoms with Crippen LogP contribution in [0.3, 0.4) is 0 Å². The van der Waals surface area contributed by atoms with E-state index >= 15 is 0 Å². The van der Waals surface area contributed by atoms with E-state index in [1.807, 2.05) is 14.1 Å². The molecule has 0 aromatic heterocycles. The number of rotatable bonds is 14. The van der Waals surface area contributed by atoms with Gasteiger partial charge in [-0.25, -0.2) is 19.6 Å². The highest BCUT2D eigenvalue weighted by Crippen LogP contribution is 2.03. The van der Waals surface area contributed by atoms with Crippen LogP contribution in [0.4, 0.5) is 0 Å². The first-order valence-electron chi connectivity index (χ1n) is 11.7. The van der Waals surface area contributed by atoms with Crippen LogP contribution in [0.5, 0.6) is 0 Å². The molecule has 1 aliphatic heterocycles. The van der Waals surface area contributed by atoms with Gasteiger partial charge in [-0.05, 0) is 65.0 Å². The number of nitrogens with one attached hydrogen (secondary N) is 2. The SMILES string of the molecule is C=CC(=O)N1CCN(C(=O)C=C)CC1.CNCCCCNC.O=C=NCCCCCCN=C=O. The number of amides is 2. The zero-order chi connectivity index (χ0) is 25.9. The number of unbranched alkanes of at least 4 members (excludes halogenated alkanes) is 4. The van der Waals surface area contributed by atoms with Crippen molar-refractivity contribution in [2.75, 3.05) is 66.5 Å². The lowest BCUT2D eigenvalue weighted by Crippen LogP contribution is -2.49. The van der Waals surface area contributed by atoms with Crippen molar-refractivity contribution in [1.82, 2.24) is 20.4 Å². The van der Waals surface area contributed by atoms with Gasteiger partial charge in [0, 0.05) is 26.2 Å². The van der Waals surface area contributed by atoms with Crippen LogP contribution in [0.1, 0.15) is 38.5 Å². The second kappa shape index (κ2) is 26.4. The molecule has 0 spiro atoms. The maximum atomic E-state index is 11.2. The van der Waals surface area contributed by atoms with Crippen molar-refractivity contribution in [3.05, 3.63) is 25.3 Å². The molecule has 0 unspecified atom stereocenters. The molecule has 10 nitrogen and oxygen atoms in total. The maximum Gasteiger partial charge on any atom is 0.246 e. The van der Waals surface area contributed by atoms with Crippen LogP contribution in [0.25, 0.3) is 0 Å². The molecule has 2 amide bonds. The van der Waals surface area contributed by atoms with Gasteiger partial charge in [0.05, 0.1) is 13.1 Å². The fourth-order valence-electron chi connectivity index (χ4n) is 2.84. The van der Waals surface area contributed by atoms with Crippen LogP contribution >= 0.6 is 0 Å². The van der Waals surface area contributed by atoms with Gasteiger partial charge in [0.15, 0.2) is 0 Å². The first kappa shape index (κ1) is 33.3. The molecule has 0 aliphatic carbocycles. The normalized spacial score (nSPS) is 11.9. The Kier molecular flexibility index (Phi) is 25.8. The smallest absolute Gasteiger partial charge is 0.246 e. The molecule has 0 bridgehead atoms. The summed E-state index contributed by atoms with van der Waals surface area (Å²) in [6, 6.07) is 0. The number of carbonyl (C=O) groups is 2. The summed E-state index contributed by atoms with van der Waals surface area (Å²) in [5.74, 6) is -0.147. The van der Waals surface area contributed by atoms with Crippen LogP contribution in [0.15, 0.2) is 35.3 Å². The summed E-state index contributed by atoms with van der Waals surface area (Å²) in [6.07, 6.45) is 11.9. The standard InChI is InChI=1S/C10H14N2O2.C8H12N2O2.C6H16N2/c1-3-9(13)11-5-7-12(8-6-11)10(14)4-2;11-7-9-5-3-1-2-4-6-10-8-12;1-7-5-3-4-6-8-2/h3-4H,1-2,5-8H2;1-6H2;7-8H,3-6H2,1-2H3. The van der Waals surface area contributed by atoms with Crippen LogP contribution in [-0.2, 0) is 19.2 Å². The largest absolute Gasteiger partial charge is 0.336 e. The Bertz CT molecular complexity index is 594. The van der Waals surface area contributed by atoms with E-state index in [2.05, 4.69) is 33.8 Å². The number of piperazine rings is 1. The molecule has 1 fully saturated rings. The Morgan fingerprint density at radius 3 is 1.35 bits per heavy atom. The summed E-state index contributed by atoms with van der Waals surface area (Å²) in [5.41, 5.74) is 0. The van der Waals surface area contributed by atoms with Crippen LogP contribution in [0.2, 0.25) is 0 Å². The Morgan fingerprint density at radius 1 is 0.735 bits per heavy atom. The molecule has 34 heavy (non-hydrogen) atoms. The summed E-state index contributed by atoms with van der Waals surface area (Å²) >= 11 is 0. The van der Waals surface area contributed by atoms with Crippen molar-refractivity contribution in [2.24, 2.45) is 9.98 Å². The zero-order valence-electron chi connectivity index (χ0n) is 20.9. The van der Waals surface area contributed by atoms with Crippen LogP contribution < -0.4 is 10.6 Å². The quantitative estimate of drug-likeness (QED) is 0.169. The lowest BCUT2D eigenvalue weighted by Gasteiger charge is -2.33. The molecule has 1 aliphatic rings. The van der Waals surface area contributed by atoms with E-state index < -0.39 is 0 Å². The molecule has 0 aromatic rings. The van der Waals surface area contributed by atoms with Crippen molar-refractivity contribution in [1.29, 1.82) is 0 Å². The predicted octanol–water partition coefficient (Wildman–Crippen LogP) is 1.45. The number of hydrogen-bond donors (Lipinski definition) is 2. The molecule has 10 heteroatoms. The fraction of sp³-hybridized carbons (Fsp3) is 0.667. The Hall–Kier alpha value is -2.90. The number of hydrogen-bond acceptors (Lipinski definition) is 8. The average molecular weight is 479 g/mol. The number of carbonyl (C=O) groups excluding carboxylic acids is 4. The third kappa shape index (κ3) is 21.0. The van der Waals surface area contributed by atoms with E-state index in [0.29, 0.717) is 39.3 Å². The molecule has 192 valence electrons. The summed E-state index contributed by atoms with van der Waals surface area (Å²) in [6.45, 7) is 12.5. The predicted molar refractivity (Wildman–Crippen MR) is 135 cm³/mol. The highest BCUT2D eigenvalue weighted by atomic mass is 16.2. The minimum absolute atomic E-state index is 0.0734. The molecule has 1 heterocycles. The third-order valence-corrected chi connectivity index (χ3v) is 4.77. The van der Waals surface area contributed by atoms with Crippen molar-refractivity contribution in [2.45, 2.75) is 38.5 Å². The lowest BCUT2D eigenvalue weighted by atomic mass is 10.2. The van der Waals surface area contributed by atoms with E-state index in [0.717, 1.165) is 38.8 Å². The molecule has 2 N–H and O–H groups in total. The number of isocyanates is 2.